The highest BCUT2D eigenvalue weighted by atomic mass is 32.2. The van der Waals surface area contributed by atoms with Gasteiger partial charge in [0.05, 0.1) is 17.6 Å². The lowest BCUT2D eigenvalue weighted by Gasteiger charge is -2.05. The Morgan fingerprint density at radius 2 is 2.14 bits per heavy atom. The number of thioether (sulfide) groups is 1. The zero-order valence-corrected chi connectivity index (χ0v) is 16.5. The Morgan fingerprint density at radius 3 is 2.96 bits per heavy atom. The van der Waals surface area contributed by atoms with Gasteiger partial charge in [-0.15, -0.1) is 10.2 Å². The average Bonchev–Trinajstić information content (AvgIpc) is 3.39. The van der Waals surface area contributed by atoms with E-state index in [-0.39, 0.29) is 5.91 Å². The lowest BCUT2D eigenvalue weighted by Crippen LogP contribution is -2.27. The van der Waals surface area contributed by atoms with Crippen LogP contribution in [0.4, 0.5) is 0 Å². The monoisotopic (exact) mass is 395 g/mol. The Balaban J connectivity index is 1.29. The summed E-state index contributed by atoms with van der Waals surface area (Å²) < 4.78 is 7.21. The summed E-state index contributed by atoms with van der Waals surface area (Å²) in [6.45, 7) is 2.48. The van der Waals surface area contributed by atoms with E-state index in [1.54, 1.807) is 6.26 Å². The van der Waals surface area contributed by atoms with E-state index in [0.717, 1.165) is 29.1 Å². The van der Waals surface area contributed by atoms with Crippen molar-refractivity contribution in [3.63, 3.8) is 0 Å². The number of aromatic amines is 1. The molecule has 0 bridgehead atoms. The van der Waals surface area contributed by atoms with Gasteiger partial charge in [-0.25, -0.2) is 0 Å². The fourth-order valence-corrected chi connectivity index (χ4v) is 3.89. The highest BCUT2D eigenvalue weighted by Crippen LogP contribution is 2.25. The van der Waals surface area contributed by atoms with Crippen molar-refractivity contribution in [1.29, 1.82) is 0 Å². The molecular formula is C20H21N5O2S. The van der Waals surface area contributed by atoms with Crippen molar-refractivity contribution in [2.24, 2.45) is 7.05 Å². The summed E-state index contributed by atoms with van der Waals surface area (Å²) in [6, 6.07) is 10.0. The Bertz CT molecular complexity index is 1110. The first-order chi connectivity index (χ1) is 13.6. The van der Waals surface area contributed by atoms with Crippen LogP contribution in [0, 0.1) is 6.92 Å². The second-order valence-corrected chi connectivity index (χ2v) is 7.45. The Morgan fingerprint density at radius 1 is 1.29 bits per heavy atom. The Kier molecular flexibility index (Phi) is 5.21. The molecule has 0 radical (unpaired) electrons. The third-order valence-electron chi connectivity index (χ3n) is 4.66. The van der Waals surface area contributed by atoms with E-state index in [1.165, 1.54) is 22.7 Å². The van der Waals surface area contributed by atoms with Crippen LogP contribution in [0.5, 0.6) is 0 Å². The number of para-hydroxylation sites is 1. The quantitative estimate of drug-likeness (QED) is 0.469. The van der Waals surface area contributed by atoms with E-state index < -0.39 is 0 Å². The molecule has 144 valence electrons. The van der Waals surface area contributed by atoms with Crippen molar-refractivity contribution < 1.29 is 9.21 Å². The van der Waals surface area contributed by atoms with Gasteiger partial charge in [-0.3, -0.25) is 4.79 Å². The minimum atomic E-state index is -0.0196. The third kappa shape index (κ3) is 3.68. The van der Waals surface area contributed by atoms with E-state index in [4.69, 9.17) is 4.42 Å². The van der Waals surface area contributed by atoms with Gasteiger partial charge in [0.25, 0.3) is 0 Å². The second-order valence-electron chi connectivity index (χ2n) is 6.50. The molecule has 3 aromatic heterocycles. The SMILES string of the molecule is Cc1occc1-c1nnc(SCC(=O)NCCc2c[nH]c3ccccc23)n1C. The minimum absolute atomic E-state index is 0.0196. The summed E-state index contributed by atoms with van der Waals surface area (Å²) in [5, 5.41) is 13.3. The molecule has 7 nitrogen and oxygen atoms in total. The lowest BCUT2D eigenvalue weighted by molar-refractivity contribution is -0.118. The van der Waals surface area contributed by atoms with Gasteiger partial charge in [0, 0.05) is 30.7 Å². The van der Waals surface area contributed by atoms with E-state index in [1.807, 2.05) is 49.0 Å². The first-order valence-electron chi connectivity index (χ1n) is 9.02. The highest BCUT2D eigenvalue weighted by molar-refractivity contribution is 7.99. The summed E-state index contributed by atoms with van der Waals surface area (Å²) in [5.74, 6) is 1.80. The van der Waals surface area contributed by atoms with Crippen molar-refractivity contribution in [2.45, 2.75) is 18.5 Å². The first kappa shape index (κ1) is 18.4. The van der Waals surface area contributed by atoms with Crippen molar-refractivity contribution in [3.8, 4) is 11.4 Å². The normalized spacial score (nSPS) is 11.2. The van der Waals surface area contributed by atoms with Gasteiger partial charge in [0.1, 0.15) is 5.76 Å². The van der Waals surface area contributed by atoms with E-state index in [0.29, 0.717) is 17.5 Å². The number of nitrogens with one attached hydrogen (secondary N) is 2. The molecule has 0 atom stereocenters. The van der Waals surface area contributed by atoms with E-state index in [9.17, 15) is 4.79 Å². The van der Waals surface area contributed by atoms with Crippen LogP contribution in [-0.4, -0.2) is 38.0 Å². The predicted molar refractivity (Wildman–Crippen MR) is 109 cm³/mol. The van der Waals surface area contributed by atoms with Gasteiger partial charge in [0.2, 0.25) is 5.91 Å². The first-order valence-corrected chi connectivity index (χ1v) is 10.0. The van der Waals surface area contributed by atoms with Crippen molar-refractivity contribution >= 4 is 28.6 Å². The largest absolute Gasteiger partial charge is 0.469 e. The predicted octanol–water partition coefficient (Wildman–Crippen LogP) is 3.32. The maximum absolute atomic E-state index is 12.2. The van der Waals surface area contributed by atoms with Crippen LogP contribution in [0.15, 0.2) is 52.4 Å². The number of aromatic nitrogens is 4. The van der Waals surface area contributed by atoms with Crippen LogP contribution in [-0.2, 0) is 18.3 Å². The number of nitrogens with zero attached hydrogens (tertiary/aromatic N) is 3. The molecule has 28 heavy (non-hydrogen) atoms. The number of furan rings is 1. The molecule has 2 N–H and O–H groups in total. The van der Waals surface area contributed by atoms with Gasteiger partial charge >= 0.3 is 0 Å². The molecule has 0 spiro atoms. The van der Waals surface area contributed by atoms with Crippen molar-refractivity contribution in [1.82, 2.24) is 25.1 Å². The molecular weight excluding hydrogens is 374 g/mol. The Labute approximate surface area is 166 Å². The molecule has 4 aromatic rings. The Hall–Kier alpha value is -3.00. The van der Waals surface area contributed by atoms with Gasteiger partial charge < -0.3 is 19.3 Å². The number of carbonyl (C=O) groups is 1. The molecule has 0 aliphatic carbocycles. The van der Waals surface area contributed by atoms with Gasteiger partial charge in [-0.05, 0) is 31.0 Å². The maximum atomic E-state index is 12.2. The van der Waals surface area contributed by atoms with Crippen LogP contribution in [0.1, 0.15) is 11.3 Å². The number of rotatable bonds is 7. The molecule has 1 aromatic carbocycles. The van der Waals surface area contributed by atoms with Gasteiger partial charge in [-0.2, -0.15) is 0 Å². The van der Waals surface area contributed by atoms with Crippen LogP contribution >= 0.6 is 11.8 Å². The van der Waals surface area contributed by atoms with Crippen LogP contribution in [0.3, 0.4) is 0 Å². The highest BCUT2D eigenvalue weighted by Gasteiger charge is 2.15. The number of amides is 1. The average molecular weight is 395 g/mol. The third-order valence-corrected chi connectivity index (χ3v) is 5.68. The number of hydrogen-bond acceptors (Lipinski definition) is 5. The second kappa shape index (κ2) is 7.93. The van der Waals surface area contributed by atoms with Crippen LogP contribution in [0.2, 0.25) is 0 Å². The topological polar surface area (TPSA) is 88.7 Å². The van der Waals surface area contributed by atoms with E-state index >= 15 is 0 Å². The summed E-state index contributed by atoms with van der Waals surface area (Å²) in [5.41, 5.74) is 3.23. The van der Waals surface area contributed by atoms with Crippen molar-refractivity contribution in [3.05, 3.63) is 54.1 Å². The maximum Gasteiger partial charge on any atom is 0.230 e. The molecule has 0 unspecified atom stereocenters. The fourth-order valence-electron chi connectivity index (χ4n) is 3.15. The molecule has 8 heteroatoms. The number of fused-ring (bicyclic) bond motifs is 1. The fraction of sp³-hybridized carbons (Fsp3) is 0.250. The van der Waals surface area contributed by atoms with Crippen LogP contribution < -0.4 is 5.32 Å². The number of carbonyl (C=O) groups excluding carboxylic acids is 1. The van der Waals surface area contributed by atoms with E-state index in [2.05, 4.69) is 26.6 Å². The molecule has 0 fully saturated rings. The molecule has 0 aliphatic rings. The number of benzene rings is 1. The number of aryl methyl sites for hydroxylation is 1. The zero-order chi connectivity index (χ0) is 19.5. The standard InChI is InChI=1S/C20H21N5O2S/c1-13-15(8-10-27-13)19-23-24-20(25(19)2)28-12-18(26)21-9-7-14-11-22-17-6-4-3-5-16(14)17/h3-6,8,10-11,22H,7,9,12H2,1-2H3,(H,21,26). The molecule has 3 heterocycles. The number of H-pyrrole nitrogens is 1. The molecule has 4 rings (SSSR count). The summed E-state index contributed by atoms with van der Waals surface area (Å²) in [7, 11) is 1.89. The molecule has 0 saturated heterocycles. The minimum Gasteiger partial charge on any atom is -0.469 e. The summed E-state index contributed by atoms with van der Waals surface area (Å²) >= 11 is 1.37. The molecule has 0 saturated carbocycles. The molecule has 1 amide bonds. The van der Waals surface area contributed by atoms with Gasteiger partial charge in [0.15, 0.2) is 11.0 Å². The lowest BCUT2D eigenvalue weighted by atomic mass is 10.1. The summed E-state index contributed by atoms with van der Waals surface area (Å²) in [6.07, 6.45) is 4.42. The smallest absolute Gasteiger partial charge is 0.230 e. The van der Waals surface area contributed by atoms with Gasteiger partial charge in [-0.1, -0.05) is 30.0 Å². The van der Waals surface area contributed by atoms with Crippen LogP contribution in [0.25, 0.3) is 22.3 Å². The summed E-state index contributed by atoms with van der Waals surface area (Å²) in [4.78, 5) is 15.5. The molecule has 0 aliphatic heterocycles. The van der Waals surface area contributed by atoms with Crippen molar-refractivity contribution in [2.75, 3.05) is 12.3 Å². The zero-order valence-electron chi connectivity index (χ0n) is 15.7. The number of hydrogen-bond donors (Lipinski definition) is 2.